The van der Waals surface area contributed by atoms with Crippen molar-refractivity contribution < 1.29 is 0 Å². The molecule has 134 valence electrons. The number of nitrogens with one attached hydrogen (secondary N) is 1. The summed E-state index contributed by atoms with van der Waals surface area (Å²) in [4.78, 5) is 8.87. The third-order valence-corrected chi connectivity index (χ3v) is 5.12. The number of hydrogen-bond donors (Lipinski definition) is 1. The lowest BCUT2D eigenvalue weighted by Crippen LogP contribution is -2.21. The minimum absolute atomic E-state index is 0.150. The van der Waals surface area contributed by atoms with Crippen molar-refractivity contribution in [2.45, 2.75) is 117 Å². The molecule has 0 fully saturated rings. The summed E-state index contributed by atoms with van der Waals surface area (Å²) in [6, 6.07) is 0. The van der Waals surface area contributed by atoms with Gasteiger partial charge in [0, 0.05) is 16.5 Å². The van der Waals surface area contributed by atoms with Gasteiger partial charge >= 0.3 is 0 Å². The Morgan fingerprint density at radius 1 is 0.783 bits per heavy atom. The molecule has 0 amide bonds. The zero-order valence-corrected chi connectivity index (χ0v) is 16.8. The second kappa shape index (κ2) is 8.89. The first kappa shape index (κ1) is 20.3. The first-order chi connectivity index (χ1) is 10.8. The summed E-state index contributed by atoms with van der Waals surface area (Å²) in [5.41, 5.74) is 3.03. The van der Waals surface area contributed by atoms with Gasteiger partial charge in [-0.3, -0.25) is 0 Å². The number of rotatable bonds is 11. The average Bonchev–Trinajstić information content (AvgIpc) is 2.91. The van der Waals surface area contributed by atoms with E-state index in [0.717, 1.165) is 6.42 Å². The van der Waals surface area contributed by atoms with Crippen molar-refractivity contribution in [2.75, 3.05) is 0 Å². The Labute approximate surface area is 144 Å². The molecule has 23 heavy (non-hydrogen) atoms. The number of aromatic amines is 1. The summed E-state index contributed by atoms with van der Waals surface area (Å²) in [6.45, 7) is 16.2. The van der Waals surface area contributed by atoms with E-state index in [1.165, 1.54) is 68.6 Å². The van der Waals surface area contributed by atoms with Gasteiger partial charge in [0.1, 0.15) is 5.82 Å². The van der Waals surface area contributed by atoms with Gasteiger partial charge in [-0.15, -0.1) is 0 Å². The van der Waals surface area contributed by atoms with Crippen LogP contribution in [-0.2, 0) is 17.3 Å². The van der Waals surface area contributed by atoms with Crippen LogP contribution in [0.15, 0.2) is 0 Å². The van der Waals surface area contributed by atoms with Crippen molar-refractivity contribution in [1.29, 1.82) is 0 Å². The number of unbranched alkanes of at least 4 members (excludes halogenated alkanes) is 3. The second-order valence-electron chi connectivity index (χ2n) is 8.49. The van der Waals surface area contributed by atoms with Crippen LogP contribution in [0.25, 0.3) is 0 Å². The molecule has 0 aromatic carbocycles. The molecule has 2 nitrogen and oxygen atoms in total. The predicted molar refractivity (Wildman–Crippen MR) is 102 cm³/mol. The number of nitrogens with zero attached hydrogens (tertiary/aromatic N) is 1. The van der Waals surface area contributed by atoms with Gasteiger partial charge in [0.25, 0.3) is 0 Å². The van der Waals surface area contributed by atoms with Crippen molar-refractivity contribution in [3.8, 4) is 0 Å². The smallest absolute Gasteiger partial charge is 0.112 e. The monoisotopic (exact) mass is 320 g/mol. The SMILES string of the molecule is CCCCCC(C)(C)c1nc(C(C)(C)CCCC)c(CCC)[nH]1. The van der Waals surface area contributed by atoms with E-state index in [0.29, 0.717) is 0 Å². The minimum atomic E-state index is 0.150. The van der Waals surface area contributed by atoms with Gasteiger partial charge in [-0.2, -0.15) is 0 Å². The van der Waals surface area contributed by atoms with E-state index >= 15 is 0 Å². The van der Waals surface area contributed by atoms with Crippen LogP contribution in [0.5, 0.6) is 0 Å². The highest BCUT2D eigenvalue weighted by Gasteiger charge is 2.31. The Morgan fingerprint density at radius 2 is 1.39 bits per heavy atom. The van der Waals surface area contributed by atoms with Crippen LogP contribution in [0.4, 0.5) is 0 Å². The Kier molecular flexibility index (Phi) is 7.83. The molecular weight excluding hydrogens is 280 g/mol. The molecule has 1 N–H and O–H groups in total. The first-order valence-electron chi connectivity index (χ1n) is 9.88. The summed E-state index contributed by atoms with van der Waals surface area (Å²) in [5, 5.41) is 0. The summed E-state index contributed by atoms with van der Waals surface area (Å²) in [5.74, 6) is 1.21. The molecule has 0 saturated heterocycles. The summed E-state index contributed by atoms with van der Waals surface area (Å²) < 4.78 is 0. The largest absolute Gasteiger partial charge is 0.345 e. The minimum Gasteiger partial charge on any atom is -0.345 e. The van der Waals surface area contributed by atoms with Crippen LogP contribution >= 0.6 is 0 Å². The summed E-state index contributed by atoms with van der Waals surface area (Å²) in [6.07, 6.45) is 11.2. The third-order valence-electron chi connectivity index (χ3n) is 5.12. The highest BCUT2D eigenvalue weighted by Crippen LogP contribution is 2.34. The van der Waals surface area contributed by atoms with Gasteiger partial charge in [-0.05, 0) is 19.3 Å². The maximum absolute atomic E-state index is 5.15. The molecular formula is C21H40N2. The molecule has 0 aliphatic carbocycles. The normalized spacial score (nSPS) is 12.8. The second-order valence-corrected chi connectivity index (χ2v) is 8.49. The predicted octanol–water partition coefficient (Wildman–Crippen LogP) is 6.69. The number of hydrogen-bond acceptors (Lipinski definition) is 1. The van der Waals surface area contributed by atoms with Crippen LogP contribution in [0.3, 0.4) is 0 Å². The fourth-order valence-electron chi connectivity index (χ4n) is 3.39. The molecule has 0 radical (unpaired) electrons. The zero-order valence-electron chi connectivity index (χ0n) is 16.8. The fraction of sp³-hybridized carbons (Fsp3) is 0.857. The Morgan fingerprint density at radius 3 is 1.96 bits per heavy atom. The van der Waals surface area contributed by atoms with Gasteiger partial charge in [-0.1, -0.05) is 87.0 Å². The van der Waals surface area contributed by atoms with Crippen molar-refractivity contribution >= 4 is 0 Å². The van der Waals surface area contributed by atoms with Crippen LogP contribution in [0, 0.1) is 0 Å². The standard InChI is InChI=1S/C21H40N2/c1-8-11-13-16-21(6,7)19-22-17(14-10-3)18(23-19)20(4,5)15-12-9-2/h8-16H2,1-7H3,(H,22,23). The maximum atomic E-state index is 5.15. The van der Waals surface area contributed by atoms with Crippen LogP contribution in [-0.4, -0.2) is 9.97 Å². The molecule has 0 spiro atoms. The first-order valence-corrected chi connectivity index (χ1v) is 9.88. The number of aryl methyl sites for hydroxylation is 1. The third kappa shape index (κ3) is 5.65. The summed E-state index contributed by atoms with van der Waals surface area (Å²) >= 11 is 0. The Balaban J connectivity index is 3.05. The molecule has 0 aliphatic heterocycles. The fourth-order valence-corrected chi connectivity index (χ4v) is 3.39. The lowest BCUT2D eigenvalue weighted by atomic mass is 9.82. The molecule has 1 rings (SSSR count). The molecule has 1 aromatic heterocycles. The Hall–Kier alpha value is -0.790. The average molecular weight is 321 g/mol. The van der Waals surface area contributed by atoms with Gasteiger partial charge < -0.3 is 4.98 Å². The highest BCUT2D eigenvalue weighted by atomic mass is 15.0. The van der Waals surface area contributed by atoms with Crippen LogP contribution in [0.1, 0.15) is 117 Å². The van der Waals surface area contributed by atoms with Crippen LogP contribution in [0.2, 0.25) is 0 Å². The van der Waals surface area contributed by atoms with E-state index in [-0.39, 0.29) is 10.8 Å². The number of H-pyrrole nitrogens is 1. The van der Waals surface area contributed by atoms with E-state index in [1.54, 1.807) is 0 Å². The number of aromatic nitrogens is 2. The van der Waals surface area contributed by atoms with Gasteiger partial charge in [0.2, 0.25) is 0 Å². The van der Waals surface area contributed by atoms with Gasteiger partial charge in [0.15, 0.2) is 0 Å². The van der Waals surface area contributed by atoms with E-state index in [1.807, 2.05) is 0 Å². The molecule has 0 aliphatic rings. The lowest BCUT2D eigenvalue weighted by molar-refractivity contribution is 0.419. The van der Waals surface area contributed by atoms with E-state index in [2.05, 4.69) is 53.5 Å². The maximum Gasteiger partial charge on any atom is 0.112 e. The molecule has 0 bridgehead atoms. The van der Waals surface area contributed by atoms with Gasteiger partial charge in [0.05, 0.1) is 5.69 Å². The Bertz CT molecular complexity index is 454. The molecule has 2 heteroatoms. The topological polar surface area (TPSA) is 28.7 Å². The van der Waals surface area contributed by atoms with E-state index in [4.69, 9.17) is 4.98 Å². The summed E-state index contributed by atoms with van der Waals surface area (Å²) in [7, 11) is 0. The quantitative estimate of drug-likeness (QED) is 0.452. The van der Waals surface area contributed by atoms with E-state index in [9.17, 15) is 0 Å². The van der Waals surface area contributed by atoms with Crippen molar-refractivity contribution in [3.63, 3.8) is 0 Å². The molecule has 1 aromatic rings. The van der Waals surface area contributed by atoms with Crippen molar-refractivity contribution in [3.05, 3.63) is 17.2 Å². The molecule has 1 heterocycles. The van der Waals surface area contributed by atoms with E-state index < -0.39 is 0 Å². The molecule has 0 saturated carbocycles. The lowest BCUT2D eigenvalue weighted by Gasteiger charge is -2.24. The zero-order chi connectivity index (χ0) is 17.5. The molecule has 0 unspecified atom stereocenters. The van der Waals surface area contributed by atoms with Gasteiger partial charge in [-0.25, -0.2) is 4.98 Å². The van der Waals surface area contributed by atoms with Crippen molar-refractivity contribution in [2.24, 2.45) is 0 Å². The molecule has 0 atom stereocenters. The number of imidazole rings is 1. The van der Waals surface area contributed by atoms with Crippen molar-refractivity contribution in [1.82, 2.24) is 9.97 Å². The van der Waals surface area contributed by atoms with Crippen LogP contribution < -0.4 is 0 Å². The highest BCUT2D eigenvalue weighted by molar-refractivity contribution is 5.26.